The maximum absolute atomic E-state index is 5.38. The summed E-state index contributed by atoms with van der Waals surface area (Å²) in [6.07, 6.45) is 2.13. The first kappa shape index (κ1) is 12.4. The third kappa shape index (κ3) is 3.72. The average Bonchev–Trinajstić information content (AvgIpc) is 2.88. The van der Waals surface area contributed by atoms with E-state index in [-0.39, 0.29) is 0 Å². The first-order chi connectivity index (χ1) is 8.40. The minimum absolute atomic E-state index is 0.658. The summed E-state index contributed by atoms with van der Waals surface area (Å²) in [6.45, 7) is 3.58. The lowest BCUT2D eigenvalue weighted by atomic mass is 10.1. The van der Waals surface area contributed by atoms with Crippen LogP contribution < -0.4 is 5.32 Å². The summed E-state index contributed by atoms with van der Waals surface area (Å²) >= 11 is 0. The third-order valence-electron chi connectivity index (χ3n) is 3.20. The number of benzene rings is 1. The standard InChI is InChI=1S/C14H21NO2/c1-16-8-7-13-4-2-3-5-14(13)15-10-12-6-9-17-11-12/h2-5,12,15H,6-11H2,1H3. The number of hydrogen-bond acceptors (Lipinski definition) is 3. The molecule has 1 atom stereocenters. The van der Waals surface area contributed by atoms with Gasteiger partial charge in [-0.2, -0.15) is 0 Å². The van der Waals surface area contributed by atoms with Crippen LogP contribution in [-0.4, -0.2) is 33.5 Å². The Labute approximate surface area is 103 Å². The van der Waals surface area contributed by atoms with Crippen molar-refractivity contribution in [3.63, 3.8) is 0 Å². The molecule has 1 aromatic carbocycles. The molecule has 0 aliphatic carbocycles. The van der Waals surface area contributed by atoms with Crippen LogP contribution in [0, 0.1) is 5.92 Å². The fourth-order valence-electron chi connectivity index (χ4n) is 2.12. The lowest BCUT2D eigenvalue weighted by molar-refractivity contribution is 0.187. The lowest BCUT2D eigenvalue weighted by Crippen LogP contribution is -2.15. The molecule has 1 N–H and O–H groups in total. The highest BCUT2D eigenvalue weighted by Crippen LogP contribution is 2.18. The van der Waals surface area contributed by atoms with Crippen molar-refractivity contribution in [1.29, 1.82) is 0 Å². The molecular weight excluding hydrogens is 214 g/mol. The van der Waals surface area contributed by atoms with Crippen molar-refractivity contribution in [1.82, 2.24) is 0 Å². The number of rotatable bonds is 6. The maximum Gasteiger partial charge on any atom is 0.0511 e. The van der Waals surface area contributed by atoms with E-state index in [9.17, 15) is 0 Å². The van der Waals surface area contributed by atoms with Crippen molar-refractivity contribution in [3.05, 3.63) is 29.8 Å². The fourth-order valence-corrected chi connectivity index (χ4v) is 2.12. The fraction of sp³-hybridized carbons (Fsp3) is 0.571. The van der Waals surface area contributed by atoms with E-state index in [4.69, 9.17) is 9.47 Å². The van der Waals surface area contributed by atoms with Crippen LogP contribution in [0.25, 0.3) is 0 Å². The normalized spacial score (nSPS) is 19.5. The molecule has 3 heteroatoms. The molecule has 94 valence electrons. The summed E-state index contributed by atoms with van der Waals surface area (Å²) in [6, 6.07) is 8.45. The number of ether oxygens (including phenoxy) is 2. The molecule has 1 aromatic rings. The van der Waals surface area contributed by atoms with Crippen molar-refractivity contribution < 1.29 is 9.47 Å². The summed E-state index contributed by atoms with van der Waals surface area (Å²) in [7, 11) is 1.74. The van der Waals surface area contributed by atoms with Gasteiger partial charge in [-0.25, -0.2) is 0 Å². The molecule has 1 aliphatic heterocycles. The minimum atomic E-state index is 0.658. The highest BCUT2D eigenvalue weighted by molar-refractivity contribution is 5.51. The second kappa shape index (κ2) is 6.62. The second-order valence-electron chi connectivity index (χ2n) is 4.51. The molecule has 0 bridgehead atoms. The smallest absolute Gasteiger partial charge is 0.0511 e. The van der Waals surface area contributed by atoms with Gasteiger partial charge in [-0.05, 0) is 24.5 Å². The predicted molar refractivity (Wildman–Crippen MR) is 69.4 cm³/mol. The molecular formula is C14H21NO2. The van der Waals surface area contributed by atoms with Gasteiger partial charge in [0.2, 0.25) is 0 Å². The number of hydrogen-bond donors (Lipinski definition) is 1. The van der Waals surface area contributed by atoms with Crippen LogP contribution in [0.2, 0.25) is 0 Å². The van der Waals surface area contributed by atoms with E-state index in [2.05, 4.69) is 29.6 Å². The maximum atomic E-state index is 5.38. The molecule has 0 saturated carbocycles. The SMILES string of the molecule is COCCc1ccccc1NCC1CCOC1. The van der Waals surface area contributed by atoms with Gasteiger partial charge in [-0.15, -0.1) is 0 Å². The predicted octanol–water partition coefficient (Wildman–Crippen LogP) is 2.32. The zero-order chi connectivity index (χ0) is 11.9. The zero-order valence-electron chi connectivity index (χ0n) is 10.4. The average molecular weight is 235 g/mol. The van der Waals surface area contributed by atoms with E-state index in [0.29, 0.717) is 5.92 Å². The Hall–Kier alpha value is -1.06. The highest BCUT2D eigenvalue weighted by Gasteiger charge is 2.15. The van der Waals surface area contributed by atoms with Gasteiger partial charge in [0.05, 0.1) is 13.2 Å². The Kier molecular flexibility index (Phi) is 4.83. The van der Waals surface area contributed by atoms with Crippen LogP contribution in [-0.2, 0) is 15.9 Å². The molecule has 0 radical (unpaired) electrons. The van der Waals surface area contributed by atoms with Gasteiger partial charge in [0.1, 0.15) is 0 Å². The van der Waals surface area contributed by atoms with Gasteiger partial charge in [0, 0.05) is 31.9 Å². The largest absolute Gasteiger partial charge is 0.384 e. The minimum Gasteiger partial charge on any atom is -0.384 e. The zero-order valence-corrected chi connectivity index (χ0v) is 10.4. The van der Waals surface area contributed by atoms with Crippen molar-refractivity contribution >= 4 is 5.69 Å². The molecule has 0 amide bonds. The van der Waals surface area contributed by atoms with Gasteiger partial charge in [0.25, 0.3) is 0 Å². The van der Waals surface area contributed by atoms with Gasteiger partial charge in [-0.3, -0.25) is 0 Å². The van der Waals surface area contributed by atoms with Gasteiger partial charge in [-0.1, -0.05) is 18.2 Å². The molecule has 2 rings (SSSR count). The first-order valence-electron chi connectivity index (χ1n) is 6.28. The number of para-hydroxylation sites is 1. The lowest BCUT2D eigenvalue weighted by Gasteiger charge is -2.14. The van der Waals surface area contributed by atoms with Crippen molar-refractivity contribution in [2.24, 2.45) is 5.92 Å². The van der Waals surface area contributed by atoms with E-state index in [1.54, 1.807) is 7.11 Å². The molecule has 1 unspecified atom stereocenters. The Morgan fingerprint density at radius 2 is 2.29 bits per heavy atom. The van der Waals surface area contributed by atoms with Crippen LogP contribution in [0.1, 0.15) is 12.0 Å². The van der Waals surface area contributed by atoms with Crippen LogP contribution in [0.5, 0.6) is 0 Å². The van der Waals surface area contributed by atoms with E-state index < -0.39 is 0 Å². The van der Waals surface area contributed by atoms with Gasteiger partial charge in [0.15, 0.2) is 0 Å². The van der Waals surface area contributed by atoms with E-state index in [1.165, 1.54) is 17.7 Å². The highest BCUT2D eigenvalue weighted by atomic mass is 16.5. The molecule has 1 heterocycles. The quantitative estimate of drug-likeness (QED) is 0.821. The molecule has 1 saturated heterocycles. The third-order valence-corrected chi connectivity index (χ3v) is 3.20. The monoisotopic (exact) mass is 235 g/mol. The Balaban J connectivity index is 1.89. The number of anilines is 1. The van der Waals surface area contributed by atoms with E-state index in [1.807, 2.05) is 0 Å². The second-order valence-corrected chi connectivity index (χ2v) is 4.51. The molecule has 17 heavy (non-hydrogen) atoms. The molecule has 3 nitrogen and oxygen atoms in total. The van der Waals surface area contributed by atoms with E-state index >= 15 is 0 Å². The van der Waals surface area contributed by atoms with Gasteiger partial charge < -0.3 is 14.8 Å². The molecule has 1 fully saturated rings. The molecule has 0 spiro atoms. The summed E-state index contributed by atoms with van der Waals surface area (Å²) < 4.78 is 10.5. The van der Waals surface area contributed by atoms with Crippen LogP contribution >= 0.6 is 0 Å². The van der Waals surface area contributed by atoms with Gasteiger partial charge >= 0.3 is 0 Å². The summed E-state index contributed by atoms with van der Waals surface area (Å²) in [4.78, 5) is 0. The van der Waals surface area contributed by atoms with E-state index in [0.717, 1.165) is 32.8 Å². The van der Waals surface area contributed by atoms with Crippen molar-refractivity contribution in [2.45, 2.75) is 12.8 Å². The topological polar surface area (TPSA) is 30.5 Å². The van der Waals surface area contributed by atoms with Crippen LogP contribution in [0.4, 0.5) is 5.69 Å². The Morgan fingerprint density at radius 3 is 3.06 bits per heavy atom. The van der Waals surface area contributed by atoms with Crippen LogP contribution in [0.15, 0.2) is 24.3 Å². The van der Waals surface area contributed by atoms with Crippen molar-refractivity contribution in [3.8, 4) is 0 Å². The summed E-state index contributed by atoms with van der Waals surface area (Å²) in [5.74, 6) is 0.658. The van der Waals surface area contributed by atoms with Crippen molar-refractivity contribution in [2.75, 3.05) is 38.8 Å². The summed E-state index contributed by atoms with van der Waals surface area (Å²) in [5.41, 5.74) is 2.56. The molecule has 0 aromatic heterocycles. The Morgan fingerprint density at radius 1 is 1.41 bits per heavy atom. The Bertz CT molecular complexity index is 335. The van der Waals surface area contributed by atoms with Crippen LogP contribution in [0.3, 0.4) is 0 Å². The molecule has 1 aliphatic rings. The summed E-state index contributed by atoms with van der Waals surface area (Å²) in [5, 5.41) is 3.53. The number of methoxy groups -OCH3 is 1. The first-order valence-corrected chi connectivity index (χ1v) is 6.28. The number of nitrogens with one attached hydrogen (secondary N) is 1.